The Morgan fingerprint density at radius 3 is 2.30 bits per heavy atom. The lowest BCUT2D eigenvalue weighted by Gasteiger charge is -2.34. The van der Waals surface area contributed by atoms with E-state index in [2.05, 4.69) is 31.0 Å². The molecule has 2 aliphatic rings. The molecule has 116 valence electrons. The van der Waals surface area contributed by atoms with Crippen LogP contribution in [-0.2, 0) is 4.79 Å². The minimum Gasteiger partial charge on any atom is -0.342 e. The molecule has 0 atom stereocenters. The van der Waals surface area contributed by atoms with E-state index in [-0.39, 0.29) is 5.54 Å². The summed E-state index contributed by atoms with van der Waals surface area (Å²) in [6.45, 7) is 10.5. The van der Waals surface area contributed by atoms with Gasteiger partial charge in [0.1, 0.15) is 0 Å². The molecule has 1 aliphatic heterocycles. The summed E-state index contributed by atoms with van der Waals surface area (Å²) < 4.78 is 0. The van der Waals surface area contributed by atoms with Crippen LogP contribution in [-0.4, -0.2) is 60.5 Å². The van der Waals surface area contributed by atoms with E-state index in [4.69, 9.17) is 0 Å². The molecule has 0 bridgehead atoms. The number of nitrogens with zero attached hydrogens (tertiary/aromatic N) is 2. The normalized spacial score (nSPS) is 22.0. The lowest BCUT2D eigenvalue weighted by molar-refractivity contribution is -0.131. The zero-order chi connectivity index (χ0) is 14.8. The van der Waals surface area contributed by atoms with Crippen LogP contribution in [0.4, 0.5) is 0 Å². The zero-order valence-electron chi connectivity index (χ0n) is 13.6. The van der Waals surface area contributed by atoms with Gasteiger partial charge in [0.05, 0.1) is 6.54 Å². The molecule has 4 nitrogen and oxygen atoms in total. The first kappa shape index (κ1) is 15.8. The van der Waals surface area contributed by atoms with Crippen molar-refractivity contribution in [3.8, 4) is 0 Å². The molecule has 2 rings (SSSR count). The average molecular weight is 281 g/mol. The highest BCUT2D eigenvalue weighted by Gasteiger charge is 2.30. The van der Waals surface area contributed by atoms with E-state index in [0.29, 0.717) is 18.5 Å². The number of nitrogens with one attached hydrogen (secondary N) is 1. The molecule has 1 aliphatic carbocycles. The standard InChI is InChI=1S/C16H31N3O/c1-16(2,3)17-11-13-7-9-19(10-8-13)12-15(20)18(4)14-5-6-14/h13-14,17H,5-12H2,1-4H3. The summed E-state index contributed by atoms with van der Waals surface area (Å²) in [6.07, 6.45) is 4.82. The Kier molecular flexibility index (Phi) is 5.08. The minimum atomic E-state index is 0.208. The molecule has 0 aromatic heterocycles. The number of hydrogen-bond donors (Lipinski definition) is 1. The van der Waals surface area contributed by atoms with Crippen LogP contribution in [0.25, 0.3) is 0 Å². The van der Waals surface area contributed by atoms with Crippen molar-refractivity contribution in [3.05, 3.63) is 0 Å². The Balaban J connectivity index is 1.65. The average Bonchev–Trinajstić information content (AvgIpc) is 3.20. The third kappa shape index (κ3) is 5.06. The van der Waals surface area contributed by atoms with E-state index < -0.39 is 0 Å². The monoisotopic (exact) mass is 281 g/mol. The molecule has 4 heteroatoms. The lowest BCUT2D eigenvalue weighted by Crippen LogP contribution is -2.45. The number of carbonyl (C=O) groups is 1. The maximum atomic E-state index is 12.1. The fourth-order valence-electron chi connectivity index (χ4n) is 2.77. The fourth-order valence-corrected chi connectivity index (χ4v) is 2.77. The van der Waals surface area contributed by atoms with Crippen LogP contribution in [0.2, 0.25) is 0 Å². The molecule has 0 spiro atoms. The van der Waals surface area contributed by atoms with Crippen LogP contribution in [0.5, 0.6) is 0 Å². The first-order chi connectivity index (χ1) is 9.35. The Hall–Kier alpha value is -0.610. The Bertz CT molecular complexity index is 325. The van der Waals surface area contributed by atoms with Crippen molar-refractivity contribution in [2.75, 3.05) is 33.2 Å². The van der Waals surface area contributed by atoms with Crippen LogP contribution < -0.4 is 5.32 Å². The Labute approximate surface area is 123 Å². The number of piperidine rings is 1. The molecule has 1 amide bonds. The van der Waals surface area contributed by atoms with Gasteiger partial charge in [0.25, 0.3) is 0 Å². The lowest BCUT2D eigenvalue weighted by atomic mass is 9.95. The first-order valence-corrected chi connectivity index (χ1v) is 8.08. The number of carbonyl (C=O) groups excluding carboxylic acids is 1. The topological polar surface area (TPSA) is 35.6 Å². The van der Waals surface area contributed by atoms with Crippen LogP contribution in [0.1, 0.15) is 46.5 Å². The zero-order valence-corrected chi connectivity index (χ0v) is 13.6. The highest BCUT2D eigenvalue weighted by atomic mass is 16.2. The van der Waals surface area contributed by atoms with Gasteiger partial charge in [-0.2, -0.15) is 0 Å². The summed E-state index contributed by atoms with van der Waals surface area (Å²) in [6, 6.07) is 0.538. The van der Waals surface area contributed by atoms with Gasteiger partial charge in [-0.3, -0.25) is 9.69 Å². The second-order valence-electron chi connectivity index (χ2n) is 7.59. The highest BCUT2D eigenvalue weighted by molar-refractivity contribution is 5.78. The van der Waals surface area contributed by atoms with E-state index in [0.717, 1.165) is 25.6 Å². The van der Waals surface area contributed by atoms with Crippen molar-refractivity contribution < 1.29 is 4.79 Å². The van der Waals surface area contributed by atoms with Crippen LogP contribution >= 0.6 is 0 Å². The molecule has 20 heavy (non-hydrogen) atoms. The van der Waals surface area contributed by atoms with Crippen molar-refractivity contribution in [2.45, 2.75) is 58.0 Å². The van der Waals surface area contributed by atoms with Gasteiger partial charge in [-0.05, 0) is 72.0 Å². The molecule has 1 saturated carbocycles. The molecular weight excluding hydrogens is 250 g/mol. The molecule has 0 aromatic rings. The van der Waals surface area contributed by atoms with Crippen LogP contribution in [0.15, 0.2) is 0 Å². The molecule has 0 radical (unpaired) electrons. The van der Waals surface area contributed by atoms with Gasteiger partial charge in [0.2, 0.25) is 5.91 Å². The quantitative estimate of drug-likeness (QED) is 0.833. The van der Waals surface area contributed by atoms with Gasteiger partial charge in [-0.25, -0.2) is 0 Å². The molecular formula is C16H31N3O. The predicted molar refractivity (Wildman–Crippen MR) is 82.7 cm³/mol. The van der Waals surface area contributed by atoms with Crippen molar-refractivity contribution in [1.82, 2.24) is 15.1 Å². The Morgan fingerprint density at radius 2 is 1.80 bits per heavy atom. The van der Waals surface area contributed by atoms with Gasteiger partial charge in [0.15, 0.2) is 0 Å². The van der Waals surface area contributed by atoms with Crippen LogP contribution in [0, 0.1) is 5.92 Å². The van der Waals surface area contributed by atoms with Gasteiger partial charge in [-0.15, -0.1) is 0 Å². The molecule has 0 unspecified atom stereocenters. The molecule has 1 saturated heterocycles. The highest BCUT2D eigenvalue weighted by Crippen LogP contribution is 2.25. The van der Waals surface area contributed by atoms with E-state index in [1.165, 1.54) is 25.7 Å². The summed E-state index contributed by atoms with van der Waals surface area (Å²) in [5.74, 6) is 1.07. The van der Waals surface area contributed by atoms with Crippen molar-refractivity contribution in [3.63, 3.8) is 0 Å². The number of hydrogen-bond acceptors (Lipinski definition) is 3. The summed E-state index contributed by atoms with van der Waals surface area (Å²) in [5.41, 5.74) is 0.208. The minimum absolute atomic E-state index is 0.208. The van der Waals surface area contributed by atoms with Crippen molar-refractivity contribution in [2.24, 2.45) is 5.92 Å². The first-order valence-electron chi connectivity index (χ1n) is 8.08. The van der Waals surface area contributed by atoms with Gasteiger partial charge in [-0.1, -0.05) is 0 Å². The number of rotatable bonds is 5. The number of likely N-dealkylation sites (N-methyl/N-ethyl adjacent to an activating group) is 1. The number of amides is 1. The van der Waals surface area contributed by atoms with E-state index >= 15 is 0 Å². The van der Waals surface area contributed by atoms with E-state index in [1.54, 1.807) is 0 Å². The third-order valence-electron chi connectivity index (χ3n) is 4.48. The van der Waals surface area contributed by atoms with Crippen molar-refractivity contribution in [1.29, 1.82) is 0 Å². The third-order valence-corrected chi connectivity index (χ3v) is 4.48. The summed E-state index contributed by atoms with van der Waals surface area (Å²) in [5, 5.41) is 3.59. The second kappa shape index (κ2) is 6.44. The van der Waals surface area contributed by atoms with Gasteiger partial charge < -0.3 is 10.2 Å². The Morgan fingerprint density at radius 1 is 1.20 bits per heavy atom. The van der Waals surface area contributed by atoms with E-state index in [9.17, 15) is 4.79 Å². The van der Waals surface area contributed by atoms with Crippen molar-refractivity contribution >= 4 is 5.91 Å². The summed E-state index contributed by atoms with van der Waals surface area (Å²) in [7, 11) is 1.96. The molecule has 1 heterocycles. The summed E-state index contributed by atoms with van der Waals surface area (Å²) in [4.78, 5) is 16.4. The summed E-state index contributed by atoms with van der Waals surface area (Å²) >= 11 is 0. The SMILES string of the molecule is CN(C(=O)CN1CCC(CNC(C)(C)C)CC1)C1CC1. The molecule has 1 N–H and O–H groups in total. The van der Waals surface area contributed by atoms with E-state index in [1.807, 2.05) is 11.9 Å². The molecule has 0 aromatic carbocycles. The van der Waals surface area contributed by atoms with Gasteiger partial charge >= 0.3 is 0 Å². The number of likely N-dealkylation sites (tertiary alicyclic amines) is 1. The van der Waals surface area contributed by atoms with Crippen LogP contribution in [0.3, 0.4) is 0 Å². The predicted octanol–water partition coefficient (Wildman–Crippen LogP) is 1.71. The second-order valence-corrected chi connectivity index (χ2v) is 7.59. The largest absolute Gasteiger partial charge is 0.342 e. The fraction of sp³-hybridized carbons (Fsp3) is 0.938. The maximum Gasteiger partial charge on any atom is 0.236 e. The molecule has 2 fully saturated rings. The van der Waals surface area contributed by atoms with Gasteiger partial charge in [0, 0.05) is 18.6 Å². The smallest absolute Gasteiger partial charge is 0.236 e. The maximum absolute atomic E-state index is 12.1.